The van der Waals surface area contributed by atoms with Gasteiger partial charge in [0.15, 0.2) is 5.96 Å². The zero-order chi connectivity index (χ0) is 15.9. The van der Waals surface area contributed by atoms with Crippen LogP contribution in [0.15, 0.2) is 4.99 Å². The number of piperidine rings is 1. The number of rotatable bonds is 4. The zero-order valence-corrected chi connectivity index (χ0v) is 16.7. The minimum absolute atomic E-state index is 0. The van der Waals surface area contributed by atoms with E-state index in [2.05, 4.69) is 15.2 Å². The Bertz CT molecular complexity index is 362. The van der Waals surface area contributed by atoms with E-state index in [-0.39, 0.29) is 36.5 Å². The van der Waals surface area contributed by atoms with E-state index < -0.39 is 5.60 Å². The molecule has 1 heterocycles. The number of nitrogens with one attached hydrogen (secondary N) is 1. The molecule has 1 aliphatic rings. The van der Waals surface area contributed by atoms with Crippen molar-refractivity contribution in [2.45, 2.75) is 52.2 Å². The van der Waals surface area contributed by atoms with Crippen LogP contribution >= 0.6 is 24.0 Å². The summed E-state index contributed by atoms with van der Waals surface area (Å²) in [5, 5.41) is 3.07. The summed E-state index contributed by atoms with van der Waals surface area (Å²) in [6.07, 6.45) is 2.32. The molecule has 1 N–H and O–H groups in total. The monoisotopic (exact) mass is 427 g/mol. The molecule has 0 aromatic heterocycles. The number of nitrogens with zero attached hydrogens (tertiary/aromatic N) is 2. The summed E-state index contributed by atoms with van der Waals surface area (Å²) >= 11 is 0. The first-order valence-electron chi connectivity index (χ1n) is 7.64. The minimum Gasteiger partial charge on any atom is -0.459 e. The Morgan fingerprint density at radius 3 is 2.36 bits per heavy atom. The van der Waals surface area contributed by atoms with Crippen LogP contribution in [0.2, 0.25) is 0 Å². The lowest BCUT2D eigenvalue weighted by molar-refractivity contribution is -0.153. The normalized spacial score (nSPS) is 17.0. The topological polar surface area (TPSA) is 63.2 Å². The van der Waals surface area contributed by atoms with Gasteiger partial charge in [-0.2, -0.15) is 0 Å². The molecule has 0 aromatic carbocycles. The number of carbonyl (C=O) groups is 1. The standard InChI is InChI=1S/C15H29N3O3.HI/c1-6-20-12-7-9-18(10-8-12)14(16-5)17-11-13(19)21-15(2,3)4;/h12H,6-11H2,1-5H3,(H,16,17);1H. The molecule has 0 aromatic rings. The number of aliphatic imine (C=N–C) groups is 1. The fourth-order valence-corrected chi connectivity index (χ4v) is 2.33. The van der Waals surface area contributed by atoms with Gasteiger partial charge in [0, 0.05) is 26.7 Å². The second kappa shape index (κ2) is 10.3. The highest BCUT2D eigenvalue weighted by atomic mass is 127. The summed E-state index contributed by atoms with van der Waals surface area (Å²) in [5.74, 6) is 0.476. The molecular formula is C15H30IN3O3. The van der Waals surface area contributed by atoms with Gasteiger partial charge in [-0.05, 0) is 40.5 Å². The summed E-state index contributed by atoms with van der Waals surface area (Å²) in [6, 6.07) is 0. The van der Waals surface area contributed by atoms with Crippen molar-refractivity contribution >= 4 is 35.9 Å². The van der Waals surface area contributed by atoms with Gasteiger partial charge in [-0.25, -0.2) is 0 Å². The first-order valence-corrected chi connectivity index (χ1v) is 7.64. The van der Waals surface area contributed by atoms with Gasteiger partial charge >= 0.3 is 5.97 Å². The van der Waals surface area contributed by atoms with E-state index >= 15 is 0 Å². The SMILES string of the molecule is CCOC1CCN(C(=NC)NCC(=O)OC(C)(C)C)CC1.I. The smallest absolute Gasteiger partial charge is 0.325 e. The lowest BCUT2D eigenvalue weighted by Gasteiger charge is -2.34. The van der Waals surface area contributed by atoms with E-state index in [1.54, 1.807) is 7.05 Å². The lowest BCUT2D eigenvalue weighted by atomic mass is 10.1. The Morgan fingerprint density at radius 1 is 1.32 bits per heavy atom. The van der Waals surface area contributed by atoms with Gasteiger partial charge in [0.1, 0.15) is 12.1 Å². The van der Waals surface area contributed by atoms with Crippen molar-refractivity contribution in [3.8, 4) is 0 Å². The Hall–Kier alpha value is -0.570. The molecule has 0 radical (unpaired) electrons. The van der Waals surface area contributed by atoms with Gasteiger partial charge in [-0.1, -0.05) is 0 Å². The minimum atomic E-state index is -0.460. The molecule has 1 saturated heterocycles. The summed E-state index contributed by atoms with van der Waals surface area (Å²) in [5.41, 5.74) is -0.460. The molecule has 0 bridgehead atoms. The maximum atomic E-state index is 11.7. The zero-order valence-electron chi connectivity index (χ0n) is 14.3. The van der Waals surface area contributed by atoms with Crippen LogP contribution in [-0.2, 0) is 14.3 Å². The molecule has 1 fully saturated rings. The number of carbonyl (C=O) groups excluding carboxylic acids is 1. The second-order valence-electron chi connectivity index (χ2n) is 6.13. The molecule has 130 valence electrons. The second-order valence-corrected chi connectivity index (χ2v) is 6.13. The Labute approximate surface area is 151 Å². The number of guanidine groups is 1. The largest absolute Gasteiger partial charge is 0.459 e. The van der Waals surface area contributed by atoms with Gasteiger partial charge in [0.25, 0.3) is 0 Å². The molecule has 0 aliphatic carbocycles. The number of halogens is 1. The van der Waals surface area contributed by atoms with E-state index in [1.165, 1.54) is 0 Å². The first-order chi connectivity index (χ1) is 9.85. The van der Waals surface area contributed by atoms with Crippen molar-refractivity contribution in [3.63, 3.8) is 0 Å². The highest BCUT2D eigenvalue weighted by Crippen LogP contribution is 2.13. The van der Waals surface area contributed by atoms with Crippen LogP contribution in [0.4, 0.5) is 0 Å². The molecular weight excluding hydrogens is 397 g/mol. The summed E-state index contributed by atoms with van der Waals surface area (Å²) in [7, 11) is 1.73. The van der Waals surface area contributed by atoms with E-state index in [0.29, 0.717) is 6.10 Å². The fourth-order valence-electron chi connectivity index (χ4n) is 2.33. The number of hydrogen-bond acceptors (Lipinski definition) is 4. The highest BCUT2D eigenvalue weighted by molar-refractivity contribution is 14.0. The van der Waals surface area contributed by atoms with Gasteiger partial charge in [0.2, 0.25) is 0 Å². The van der Waals surface area contributed by atoms with Crippen LogP contribution in [0.25, 0.3) is 0 Å². The fraction of sp³-hybridized carbons (Fsp3) is 0.867. The van der Waals surface area contributed by atoms with Crippen molar-refractivity contribution in [2.24, 2.45) is 4.99 Å². The molecule has 0 saturated carbocycles. The first kappa shape index (κ1) is 21.4. The maximum Gasteiger partial charge on any atom is 0.325 e. The van der Waals surface area contributed by atoms with Gasteiger partial charge in [0.05, 0.1) is 6.10 Å². The molecule has 0 atom stereocenters. The predicted octanol–water partition coefficient (Wildman–Crippen LogP) is 2.02. The van der Waals surface area contributed by atoms with Crippen molar-refractivity contribution < 1.29 is 14.3 Å². The molecule has 6 nitrogen and oxygen atoms in total. The summed E-state index contributed by atoms with van der Waals surface area (Å²) < 4.78 is 10.9. The lowest BCUT2D eigenvalue weighted by Crippen LogP contribution is -2.48. The van der Waals surface area contributed by atoms with Crippen molar-refractivity contribution in [2.75, 3.05) is 33.3 Å². The quantitative estimate of drug-likeness (QED) is 0.322. The maximum absolute atomic E-state index is 11.7. The van der Waals surface area contributed by atoms with E-state index in [9.17, 15) is 4.79 Å². The summed E-state index contributed by atoms with van der Waals surface area (Å²) in [6.45, 7) is 10.3. The molecule has 7 heteroatoms. The molecule has 22 heavy (non-hydrogen) atoms. The van der Waals surface area contributed by atoms with Crippen LogP contribution in [0.5, 0.6) is 0 Å². The third-order valence-electron chi connectivity index (χ3n) is 3.17. The number of likely N-dealkylation sites (tertiary alicyclic amines) is 1. The Balaban J connectivity index is 0.00000441. The van der Waals surface area contributed by atoms with Crippen LogP contribution in [0.3, 0.4) is 0 Å². The van der Waals surface area contributed by atoms with Crippen LogP contribution < -0.4 is 5.32 Å². The van der Waals surface area contributed by atoms with E-state index in [4.69, 9.17) is 9.47 Å². The number of esters is 1. The molecule has 0 spiro atoms. The number of ether oxygens (including phenoxy) is 2. The molecule has 0 unspecified atom stereocenters. The van der Waals surface area contributed by atoms with Crippen molar-refractivity contribution in [1.82, 2.24) is 10.2 Å². The predicted molar refractivity (Wildman–Crippen MR) is 98.8 cm³/mol. The Kier molecular flexibility index (Phi) is 9.99. The van der Waals surface area contributed by atoms with Gasteiger partial charge < -0.3 is 19.7 Å². The average Bonchev–Trinajstić information content (AvgIpc) is 2.39. The third kappa shape index (κ3) is 8.17. The van der Waals surface area contributed by atoms with Crippen molar-refractivity contribution in [1.29, 1.82) is 0 Å². The molecule has 1 rings (SSSR count). The highest BCUT2D eigenvalue weighted by Gasteiger charge is 2.22. The average molecular weight is 427 g/mol. The third-order valence-corrected chi connectivity index (χ3v) is 3.17. The summed E-state index contributed by atoms with van der Waals surface area (Å²) in [4.78, 5) is 18.1. The van der Waals surface area contributed by atoms with Gasteiger partial charge in [-0.3, -0.25) is 9.79 Å². The van der Waals surface area contributed by atoms with Crippen LogP contribution in [-0.4, -0.2) is 61.8 Å². The number of hydrogen-bond donors (Lipinski definition) is 1. The van der Waals surface area contributed by atoms with Gasteiger partial charge in [-0.15, -0.1) is 24.0 Å². The molecule has 0 amide bonds. The van der Waals surface area contributed by atoms with Crippen molar-refractivity contribution in [3.05, 3.63) is 0 Å². The van der Waals surface area contributed by atoms with Crippen LogP contribution in [0, 0.1) is 0 Å². The Morgan fingerprint density at radius 2 is 1.91 bits per heavy atom. The van der Waals surface area contributed by atoms with Crippen LogP contribution in [0.1, 0.15) is 40.5 Å². The van der Waals surface area contributed by atoms with E-state index in [1.807, 2.05) is 27.7 Å². The van der Waals surface area contributed by atoms with E-state index in [0.717, 1.165) is 38.5 Å². The molecule has 1 aliphatic heterocycles.